The average Bonchev–Trinajstić information content (AvgIpc) is 2.69. The van der Waals surface area contributed by atoms with Gasteiger partial charge in [-0.2, -0.15) is 0 Å². The van der Waals surface area contributed by atoms with Crippen LogP contribution >= 0.6 is 11.6 Å². The van der Waals surface area contributed by atoms with Crippen LogP contribution in [0.4, 0.5) is 20.2 Å². The molecule has 0 bridgehead atoms. The molecular weight excluding hydrogens is 416 g/mol. The Hall–Kier alpha value is -3.13. The zero-order chi connectivity index (χ0) is 22.2. The Balaban J connectivity index is 2.11. The van der Waals surface area contributed by atoms with E-state index in [0.717, 1.165) is 11.8 Å². The van der Waals surface area contributed by atoms with Gasteiger partial charge in [0.2, 0.25) is 5.43 Å². The molecular formula is C21H20ClF2N3O3. The summed E-state index contributed by atoms with van der Waals surface area (Å²) in [4.78, 5) is 24.0. The zero-order valence-electron chi connectivity index (χ0n) is 16.3. The van der Waals surface area contributed by atoms with Crippen molar-refractivity contribution in [3.8, 4) is 0 Å². The van der Waals surface area contributed by atoms with Gasteiger partial charge in [-0.3, -0.25) is 4.79 Å². The minimum atomic E-state index is -1.50. The van der Waals surface area contributed by atoms with Gasteiger partial charge in [-0.05, 0) is 38.0 Å². The maximum absolute atomic E-state index is 15.3. The number of hydrogen-bond acceptors (Lipinski definition) is 4. The van der Waals surface area contributed by atoms with E-state index in [1.165, 1.54) is 4.57 Å². The van der Waals surface area contributed by atoms with E-state index in [2.05, 4.69) is 5.32 Å². The number of nitrogens with one attached hydrogen (secondary N) is 1. The van der Waals surface area contributed by atoms with Gasteiger partial charge in [-0.25, -0.2) is 13.6 Å². The highest BCUT2D eigenvalue weighted by atomic mass is 35.5. The van der Waals surface area contributed by atoms with Crippen molar-refractivity contribution in [1.82, 2.24) is 4.57 Å². The highest BCUT2D eigenvalue weighted by Gasteiger charge is 2.26. The lowest BCUT2D eigenvalue weighted by Crippen LogP contribution is -2.23. The van der Waals surface area contributed by atoms with Crippen molar-refractivity contribution in [2.24, 2.45) is 0 Å². The van der Waals surface area contributed by atoms with E-state index in [1.807, 2.05) is 0 Å². The predicted molar refractivity (Wildman–Crippen MR) is 114 cm³/mol. The molecule has 0 spiro atoms. The van der Waals surface area contributed by atoms with E-state index in [1.54, 1.807) is 38.1 Å². The minimum Gasteiger partial charge on any atom is -0.477 e. The van der Waals surface area contributed by atoms with Gasteiger partial charge in [0.1, 0.15) is 11.3 Å². The van der Waals surface area contributed by atoms with E-state index in [9.17, 15) is 19.1 Å². The number of carboxylic acid groups (broad SMARTS) is 1. The summed E-state index contributed by atoms with van der Waals surface area (Å²) in [5.74, 6) is -3.64. The molecule has 0 amide bonds. The first kappa shape index (κ1) is 21.6. The summed E-state index contributed by atoms with van der Waals surface area (Å²) in [6.07, 6.45) is 1.51. The highest BCUT2D eigenvalue weighted by Crippen LogP contribution is 2.34. The van der Waals surface area contributed by atoms with Crippen LogP contribution < -0.4 is 16.5 Å². The number of aromatic carboxylic acids is 1. The molecule has 0 unspecified atom stereocenters. The summed E-state index contributed by atoms with van der Waals surface area (Å²) in [6.45, 7) is 3.56. The second-order valence-corrected chi connectivity index (χ2v) is 7.56. The van der Waals surface area contributed by atoms with Crippen molar-refractivity contribution in [3.05, 3.63) is 68.5 Å². The maximum atomic E-state index is 15.3. The summed E-state index contributed by atoms with van der Waals surface area (Å²) in [6, 6.07) is 6.62. The second kappa shape index (κ2) is 8.31. The SMILES string of the molecule is CC(C)n1cc(C(=O)O)c(=O)c2c(N)c(F)c(NCCc3ccc(Cl)cc3)c(F)c21. The smallest absolute Gasteiger partial charge is 0.341 e. The van der Waals surface area contributed by atoms with Gasteiger partial charge in [-0.15, -0.1) is 0 Å². The summed E-state index contributed by atoms with van der Waals surface area (Å²) in [7, 11) is 0. The molecule has 6 nitrogen and oxygen atoms in total. The Morgan fingerprint density at radius 2 is 1.87 bits per heavy atom. The van der Waals surface area contributed by atoms with Crippen LogP contribution in [-0.4, -0.2) is 22.2 Å². The van der Waals surface area contributed by atoms with Gasteiger partial charge >= 0.3 is 5.97 Å². The van der Waals surface area contributed by atoms with Gasteiger partial charge in [0.25, 0.3) is 0 Å². The zero-order valence-corrected chi connectivity index (χ0v) is 17.1. The van der Waals surface area contributed by atoms with Crippen molar-refractivity contribution >= 4 is 39.8 Å². The fourth-order valence-corrected chi connectivity index (χ4v) is 3.39. The molecule has 0 fully saturated rings. The molecule has 158 valence electrons. The molecule has 0 aliphatic carbocycles. The van der Waals surface area contributed by atoms with Gasteiger partial charge in [-0.1, -0.05) is 23.7 Å². The lowest BCUT2D eigenvalue weighted by atomic mass is 10.1. The van der Waals surface area contributed by atoms with Gasteiger partial charge in [0.15, 0.2) is 11.6 Å². The van der Waals surface area contributed by atoms with E-state index < -0.39 is 51.4 Å². The molecule has 30 heavy (non-hydrogen) atoms. The number of benzene rings is 2. The number of halogens is 3. The molecule has 3 rings (SSSR count). The van der Waals surface area contributed by atoms with Crippen molar-refractivity contribution in [1.29, 1.82) is 0 Å². The lowest BCUT2D eigenvalue weighted by molar-refractivity contribution is 0.0694. The third-order valence-electron chi connectivity index (χ3n) is 4.80. The largest absolute Gasteiger partial charge is 0.477 e. The molecule has 0 radical (unpaired) electrons. The molecule has 1 heterocycles. The van der Waals surface area contributed by atoms with Crippen LogP contribution in [0.15, 0.2) is 35.3 Å². The number of nitrogens with two attached hydrogens (primary N) is 1. The maximum Gasteiger partial charge on any atom is 0.341 e. The number of carbonyl (C=O) groups is 1. The number of nitrogen functional groups attached to an aromatic ring is 1. The summed E-state index contributed by atoms with van der Waals surface area (Å²) < 4.78 is 31.5. The van der Waals surface area contributed by atoms with E-state index in [0.29, 0.717) is 11.4 Å². The van der Waals surface area contributed by atoms with Crippen LogP contribution in [0.25, 0.3) is 10.9 Å². The molecule has 0 aliphatic rings. The summed E-state index contributed by atoms with van der Waals surface area (Å²) in [5, 5.41) is 12.1. The van der Waals surface area contributed by atoms with Gasteiger partial charge < -0.3 is 20.7 Å². The Kier molecular flexibility index (Phi) is 5.98. The number of carboxylic acids is 1. The van der Waals surface area contributed by atoms with Crippen LogP contribution in [0, 0.1) is 11.6 Å². The van der Waals surface area contributed by atoms with E-state index in [-0.39, 0.29) is 12.1 Å². The minimum absolute atomic E-state index is 0.194. The van der Waals surface area contributed by atoms with Crippen molar-refractivity contribution in [2.75, 3.05) is 17.6 Å². The third-order valence-corrected chi connectivity index (χ3v) is 5.06. The standard InChI is InChI=1S/C21H20ClF2N3O3/c1-10(2)27-9-13(21(29)30)20(28)14-17(25)15(23)18(16(24)19(14)27)26-8-7-11-3-5-12(22)6-4-11/h3-6,9-10,26H,7-8,25H2,1-2H3,(H,29,30). The average molecular weight is 436 g/mol. The van der Waals surface area contributed by atoms with Crippen molar-refractivity contribution < 1.29 is 18.7 Å². The Bertz CT molecular complexity index is 1190. The van der Waals surface area contributed by atoms with Crippen molar-refractivity contribution in [3.63, 3.8) is 0 Å². The fraction of sp³-hybridized carbons (Fsp3) is 0.238. The Labute approximate surface area is 175 Å². The van der Waals surface area contributed by atoms with E-state index >= 15 is 4.39 Å². The van der Waals surface area contributed by atoms with Crippen LogP contribution in [0.2, 0.25) is 5.02 Å². The number of pyridine rings is 1. The molecule has 0 saturated carbocycles. The van der Waals surface area contributed by atoms with Gasteiger partial charge in [0, 0.05) is 23.8 Å². The topological polar surface area (TPSA) is 97.4 Å². The molecule has 3 aromatic rings. The van der Waals surface area contributed by atoms with Crippen LogP contribution in [0.5, 0.6) is 0 Å². The molecule has 0 aliphatic heterocycles. The third kappa shape index (κ3) is 3.82. The summed E-state index contributed by atoms with van der Waals surface area (Å²) >= 11 is 5.85. The molecule has 4 N–H and O–H groups in total. The Morgan fingerprint density at radius 1 is 1.23 bits per heavy atom. The number of anilines is 2. The summed E-state index contributed by atoms with van der Waals surface area (Å²) in [5.41, 5.74) is 3.79. The predicted octanol–water partition coefficient (Wildman–Crippen LogP) is 4.45. The van der Waals surface area contributed by atoms with E-state index in [4.69, 9.17) is 17.3 Å². The highest BCUT2D eigenvalue weighted by molar-refractivity contribution is 6.30. The normalized spacial score (nSPS) is 11.3. The quantitative estimate of drug-likeness (QED) is 0.497. The van der Waals surface area contributed by atoms with Crippen LogP contribution in [0.1, 0.15) is 35.8 Å². The molecule has 9 heteroatoms. The number of rotatable bonds is 6. The monoisotopic (exact) mass is 435 g/mol. The van der Waals surface area contributed by atoms with Gasteiger partial charge in [0.05, 0.1) is 16.6 Å². The Morgan fingerprint density at radius 3 is 2.43 bits per heavy atom. The first-order valence-electron chi connectivity index (χ1n) is 9.20. The molecule has 1 aromatic heterocycles. The van der Waals surface area contributed by atoms with Crippen molar-refractivity contribution in [2.45, 2.75) is 26.3 Å². The number of nitrogens with zero attached hydrogens (tertiary/aromatic N) is 1. The first-order valence-corrected chi connectivity index (χ1v) is 9.58. The molecule has 0 saturated heterocycles. The number of fused-ring (bicyclic) bond motifs is 1. The van der Waals surface area contributed by atoms with Crippen LogP contribution in [0.3, 0.4) is 0 Å². The number of hydrogen-bond donors (Lipinski definition) is 3. The first-order chi connectivity index (χ1) is 14.1. The molecule has 2 aromatic carbocycles. The second-order valence-electron chi connectivity index (χ2n) is 7.12. The lowest BCUT2D eigenvalue weighted by Gasteiger charge is -2.20. The molecule has 0 atom stereocenters. The number of aromatic nitrogens is 1. The fourth-order valence-electron chi connectivity index (χ4n) is 3.26. The van der Waals surface area contributed by atoms with Crippen LogP contribution in [-0.2, 0) is 6.42 Å².